The Morgan fingerprint density at radius 2 is 1.63 bits per heavy atom. The fraction of sp³-hybridized carbons (Fsp3) is 0.263. The molecule has 0 bridgehead atoms. The number of alkyl halides is 3. The molecule has 0 aliphatic rings. The van der Waals surface area contributed by atoms with E-state index in [1.54, 1.807) is 24.3 Å². The van der Waals surface area contributed by atoms with Crippen molar-refractivity contribution in [1.29, 1.82) is 0 Å². The predicted molar refractivity (Wildman–Crippen MR) is 95.7 cm³/mol. The summed E-state index contributed by atoms with van der Waals surface area (Å²) < 4.78 is 43.0. The molecule has 0 saturated heterocycles. The molecule has 0 aliphatic carbocycles. The van der Waals surface area contributed by atoms with Crippen LogP contribution in [0, 0.1) is 0 Å². The van der Waals surface area contributed by atoms with E-state index in [0.717, 1.165) is 24.3 Å². The van der Waals surface area contributed by atoms with E-state index in [1.165, 1.54) is 11.8 Å². The van der Waals surface area contributed by atoms with Gasteiger partial charge in [-0.3, -0.25) is 9.59 Å². The van der Waals surface area contributed by atoms with Gasteiger partial charge in [-0.1, -0.05) is 0 Å². The van der Waals surface area contributed by atoms with Gasteiger partial charge in [-0.15, -0.1) is 0 Å². The molecular weight excluding hydrogens is 361 g/mol. The maximum atomic E-state index is 12.6. The maximum absolute atomic E-state index is 12.6. The molecular formula is C19H19F3N2O3. The predicted octanol–water partition coefficient (Wildman–Crippen LogP) is 4.10. The Labute approximate surface area is 154 Å². The molecule has 0 aliphatic heterocycles. The Hall–Kier alpha value is -3.03. The number of carbonyl (C=O) groups excluding carboxylic acids is 2. The normalized spacial score (nSPS) is 11.0. The molecule has 1 N–H and O–H groups in total. The van der Waals surface area contributed by atoms with Gasteiger partial charge >= 0.3 is 6.18 Å². The number of nitrogens with one attached hydrogen (secondary N) is 1. The summed E-state index contributed by atoms with van der Waals surface area (Å²) in [6, 6.07) is 10.8. The first kappa shape index (κ1) is 20.3. The number of anilines is 2. The summed E-state index contributed by atoms with van der Waals surface area (Å²) >= 11 is 0. The highest BCUT2D eigenvalue weighted by atomic mass is 19.4. The van der Waals surface area contributed by atoms with E-state index in [-0.39, 0.29) is 18.1 Å². The van der Waals surface area contributed by atoms with Gasteiger partial charge < -0.3 is 15.0 Å². The Bertz CT molecular complexity index is 787. The molecule has 0 saturated carbocycles. The van der Waals surface area contributed by atoms with Crippen molar-refractivity contribution >= 4 is 23.2 Å². The minimum atomic E-state index is -4.44. The van der Waals surface area contributed by atoms with Gasteiger partial charge in [0.25, 0.3) is 0 Å². The summed E-state index contributed by atoms with van der Waals surface area (Å²) in [5.74, 6) is -0.237. The number of benzene rings is 2. The minimum absolute atomic E-state index is 0.211. The third-order valence-electron chi connectivity index (χ3n) is 3.64. The van der Waals surface area contributed by atoms with Crippen molar-refractivity contribution in [3.63, 3.8) is 0 Å². The summed E-state index contributed by atoms with van der Waals surface area (Å²) in [6.07, 6.45) is -4.44. The average Bonchev–Trinajstić information content (AvgIpc) is 2.60. The molecule has 0 aromatic heterocycles. The number of rotatable bonds is 6. The van der Waals surface area contributed by atoms with Crippen LogP contribution >= 0.6 is 0 Å². The fourth-order valence-corrected chi connectivity index (χ4v) is 2.36. The standard InChI is InChI=1S/C19H19F3N2O3/c1-3-27-17-10-8-16(9-11-17)24(13(2)25)12-18(26)23-15-6-4-14(5-7-15)19(20,21)22/h4-11H,3,12H2,1-2H3,(H,23,26). The van der Waals surface area contributed by atoms with E-state index in [0.29, 0.717) is 18.0 Å². The number of hydrogen-bond donors (Lipinski definition) is 1. The highest BCUT2D eigenvalue weighted by Crippen LogP contribution is 2.29. The molecule has 2 amide bonds. The second-order valence-corrected chi connectivity index (χ2v) is 5.66. The molecule has 0 spiro atoms. The van der Waals surface area contributed by atoms with Gasteiger partial charge in [0.2, 0.25) is 11.8 Å². The lowest BCUT2D eigenvalue weighted by Gasteiger charge is -2.21. The lowest BCUT2D eigenvalue weighted by molar-refractivity contribution is -0.137. The van der Waals surface area contributed by atoms with Crippen molar-refractivity contribution in [2.45, 2.75) is 20.0 Å². The van der Waals surface area contributed by atoms with Crippen molar-refractivity contribution in [2.24, 2.45) is 0 Å². The molecule has 0 atom stereocenters. The number of nitrogens with zero attached hydrogens (tertiary/aromatic N) is 1. The van der Waals surface area contributed by atoms with Crippen molar-refractivity contribution in [2.75, 3.05) is 23.4 Å². The van der Waals surface area contributed by atoms with Crippen LogP contribution in [0.1, 0.15) is 19.4 Å². The van der Waals surface area contributed by atoms with Crippen LogP contribution in [0.4, 0.5) is 24.5 Å². The molecule has 0 radical (unpaired) electrons. The number of carbonyl (C=O) groups is 2. The van der Waals surface area contributed by atoms with Crippen LogP contribution in [-0.2, 0) is 15.8 Å². The van der Waals surface area contributed by atoms with Crippen molar-refractivity contribution in [3.05, 3.63) is 54.1 Å². The third-order valence-corrected chi connectivity index (χ3v) is 3.64. The summed E-state index contributed by atoms with van der Waals surface area (Å²) in [4.78, 5) is 25.3. The average molecular weight is 380 g/mol. The third kappa shape index (κ3) is 5.73. The number of amides is 2. The van der Waals surface area contributed by atoms with Crippen LogP contribution in [0.15, 0.2) is 48.5 Å². The van der Waals surface area contributed by atoms with Gasteiger partial charge in [0, 0.05) is 18.3 Å². The molecule has 0 unspecified atom stereocenters. The van der Waals surface area contributed by atoms with Crippen LogP contribution in [0.3, 0.4) is 0 Å². The second-order valence-electron chi connectivity index (χ2n) is 5.66. The summed E-state index contributed by atoms with van der Waals surface area (Å²) in [5, 5.41) is 2.48. The molecule has 27 heavy (non-hydrogen) atoms. The Balaban J connectivity index is 2.05. The first-order valence-electron chi connectivity index (χ1n) is 8.18. The summed E-state index contributed by atoms with van der Waals surface area (Å²) in [7, 11) is 0. The number of halogens is 3. The summed E-state index contributed by atoms with van der Waals surface area (Å²) in [6.45, 7) is 3.40. The first-order valence-corrected chi connectivity index (χ1v) is 8.18. The molecule has 5 nitrogen and oxygen atoms in total. The van der Waals surface area contributed by atoms with Crippen LogP contribution in [0.25, 0.3) is 0 Å². The number of ether oxygens (including phenoxy) is 1. The van der Waals surface area contributed by atoms with Gasteiger partial charge in [-0.25, -0.2) is 0 Å². The lowest BCUT2D eigenvalue weighted by atomic mass is 10.2. The largest absolute Gasteiger partial charge is 0.494 e. The molecule has 8 heteroatoms. The SMILES string of the molecule is CCOc1ccc(N(CC(=O)Nc2ccc(C(F)(F)F)cc2)C(C)=O)cc1. The van der Waals surface area contributed by atoms with Crippen LogP contribution in [0.5, 0.6) is 5.75 Å². The van der Waals surface area contributed by atoms with E-state index >= 15 is 0 Å². The van der Waals surface area contributed by atoms with Gasteiger partial charge in [-0.05, 0) is 55.5 Å². The van der Waals surface area contributed by atoms with E-state index in [1.807, 2.05) is 6.92 Å². The zero-order chi connectivity index (χ0) is 20.0. The zero-order valence-electron chi connectivity index (χ0n) is 14.8. The van der Waals surface area contributed by atoms with E-state index in [9.17, 15) is 22.8 Å². The Morgan fingerprint density at radius 3 is 2.11 bits per heavy atom. The van der Waals surface area contributed by atoms with E-state index in [4.69, 9.17) is 4.74 Å². The van der Waals surface area contributed by atoms with Crippen LogP contribution in [0.2, 0.25) is 0 Å². The molecule has 2 aromatic rings. The molecule has 2 aromatic carbocycles. The van der Waals surface area contributed by atoms with Crippen LogP contribution < -0.4 is 15.0 Å². The molecule has 0 heterocycles. The Kier molecular flexibility index (Phi) is 6.44. The highest BCUT2D eigenvalue weighted by molar-refractivity contribution is 6.01. The fourth-order valence-electron chi connectivity index (χ4n) is 2.36. The smallest absolute Gasteiger partial charge is 0.416 e. The van der Waals surface area contributed by atoms with Gasteiger partial charge in [-0.2, -0.15) is 13.2 Å². The minimum Gasteiger partial charge on any atom is -0.494 e. The zero-order valence-corrected chi connectivity index (χ0v) is 14.8. The van der Waals surface area contributed by atoms with Crippen molar-refractivity contribution in [1.82, 2.24) is 0 Å². The topological polar surface area (TPSA) is 58.6 Å². The summed E-state index contributed by atoms with van der Waals surface area (Å²) in [5.41, 5.74) is -0.0861. The molecule has 144 valence electrons. The van der Waals surface area contributed by atoms with Crippen molar-refractivity contribution in [3.8, 4) is 5.75 Å². The van der Waals surface area contributed by atoms with Gasteiger partial charge in [0.1, 0.15) is 12.3 Å². The maximum Gasteiger partial charge on any atom is 0.416 e. The van der Waals surface area contributed by atoms with E-state index in [2.05, 4.69) is 5.32 Å². The molecule has 2 rings (SSSR count). The lowest BCUT2D eigenvalue weighted by Crippen LogP contribution is -2.36. The van der Waals surface area contributed by atoms with Crippen LogP contribution in [-0.4, -0.2) is 25.0 Å². The second kappa shape index (κ2) is 8.57. The first-order chi connectivity index (χ1) is 12.7. The quantitative estimate of drug-likeness (QED) is 0.821. The van der Waals surface area contributed by atoms with Gasteiger partial charge in [0.15, 0.2) is 0 Å². The molecule has 0 fully saturated rings. The number of hydrogen-bond acceptors (Lipinski definition) is 3. The monoisotopic (exact) mass is 380 g/mol. The van der Waals surface area contributed by atoms with E-state index < -0.39 is 17.6 Å². The Morgan fingerprint density at radius 1 is 1.04 bits per heavy atom. The highest BCUT2D eigenvalue weighted by Gasteiger charge is 2.30. The van der Waals surface area contributed by atoms with Crippen molar-refractivity contribution < 1.29 is 27.5 Å². The van der Waals surface area contributed by atoms with Gasteiger partial charge in [0.05, 0.1) is 12.2 Å².